The Hall–Kier alpha value is -3.55. The molecule has 3 rings (SSSR count). The van der Waals surface area contributed by atoms with Crippen molar-refractivity contribution in [3.63, 3.8) is 0 Å². The molecule has 3 aromatic rings. The molecular formula is C18H16N4O4. The molecule has 8 nitrogen and oxygen atoms in total. The smallest absolute Gasteiger partial charge is 0.271 e. The lowest BCUT2D eigenvalue weighted by Gasteiger charge is -2.10. The number of carbonyl (C=O) groups is 1. The molecule has 2 aromatic carbocycles. The van der Waals surface area contributed by atoms with Gasteiger partial charge in [0, 0.05) is 17.8 Å². The fraction of sp³-hybridized carbons (Fsp3) is 0.167. The molecule has 1 amide bonds. The minimum absolute atomic E-state index is 0.144. The number of nitrogens with one attached hydrogen (secondary N) is 1. The number of hydrogen-bond acceptors (Lipinski definition) is 5. The lowest BCUT2D eigenvalue weighted by molar-refractivity contribution is -0.384. The van der Waals surface area contributed by atoms with Crippen LogP contribution in [-0.2, 0) is 11.3 Å². The molecule has 26 heavy (non-hydrogen) atoms. The van der Waals surface area contributed by atoms with Gasteiger partial charge in [0.25, 0.3) is 11.2 Å². The van der Waals surface area contributed by atoms with E-state index in [0.29, 0.717) is 5.69 Å². The topological polar surface area (TPSA) is 107 Å². The van der Waals surface area contributed by atoms with Crippen molar-refractivity contribution < 1.29 is 9.72 Å². The number of aryl methyl sites for hydroxylation is 2. The maximum absolute atomic E-state index is 12.5. The van der Waals surface area contributed by atoms with Crippen LogP contribution in [0.25, 0.3) is 10.9 Å². The van der Waals surface area contributed by atoms with Crippen molar-refractivity contribution in [2.75, 3.05) is 5.32 Å². The van der Waals surface area contributed by atoms with Crippen LogP contribution in [-0.4, -0.2) is 20.4 Å². The molecule has 0 saturated heterocycles. The SMILES string of the molecule is Cc1ccc(C)c(NC(=O)Cn2cnc3cc([N+](=O)[O-])ccc3c2=O)c1. The second-order valence-electron chi connectivity index (χ2n) is 6.00. The van der Waals surface area contributed by atoms with Crippen molar-refractivity contribution in [2.24, 2.45) is 0 Å². The van der Waals surface area contributed by atoms with E-state index in [0.717, 1.165) is 11.1 Å². The predicted octanol–water partition coefficient (Wildman–Crippen LogP) is 2.56. The van der Waals surface area contributed by atoms with Crippen LogP contribution in [0.3, 0.4) is 0 Å². The van der Waals surface area contributed by atoms with Gasteiger partial charge in [0.05, 0.1) is 22.2 Å². The molecule has 0 unspecified atom stereocenters. The Labute approximate surface area is 148 Å². The molecule has 132 valence electrons. The highest BCUT2D eigenvalue weighted by atomic mass is 16.6. The Morgan fingerprint density at radius 2 is 2.00 bits per heavy atom. The number of nitro groups is 1. The van der Waals surface area contributed by atoms with Crippen molar-refractivity contribution >= 4 is 28.2 Å². The van der Waals surface area contributed by atoms with E-state index in [1.807, 2.05) is 32.0 Å². The Bertz CT molecular complexity index is 1090. The molecule has 0 aliphatic heterocycles. The number of hydrogen-bond donors (Lipinski definition) is 1. The summed E-state index contributed by atoms with van der Waals surface area (Å²) in [5.74, 6) is -0.358. The van der Waals surface area contributed by atoms with Crippen molar-refractivity contribution in [2.45, 2.75) is 20.4 Å². The molecule has 0 bridgehead atoms. The number of anilines is 1. The lowest BCUT2D eigenvalue weighted by Crippen LogP contribution is -2.28. The second-order valence-corrected chi connectivity index (χ2v) is 6.00. The lowest BCUT2D eigenvalue weighted by atomic mass is 10.1. The molecule has 0 saturated carbocycles. The van der Waals surface area contributed by atoms with Crippen LogP contribution < -0.4 is 10.9 Å². The molecule has 0 aliphatic rings. The van der Waals surface area contributed by atoms with E-state index in [1.165, 1.54) is 29.1 Å². The van der Waals surface area contributed by atoms with Gasteiger partial charge in [-0.3, -0.25) is 24.3 Å². The van der Waals surface area contributed by atoms with Crippen LogP contribution in [0.4, 0.5) is 11.4 Å². The van der Waals surface area contributed by atoms with E-state index in [2.05, 4.69) is 10.3 Å². The van der Waals surface area contributed by atoms with Gasteiger partial charge in [-0.05, 0) is 37.1 Å². The van der Waals surface area contributed by atoms with E-state index in [-0.39, 0.29) is 29.0 Å². The van der Waals surface area contributed by atoms with Gasteiger partial charge < -0.3 is 5.32 Å². The van der Waals surface area contributed by atoms with E-state index in [9.17, 15) is 19.7 Å². The first-order chi connectivity index (χ1) is 12.3. The molecule has 0 aliphatic carbocycles. The van der Waals surface area contributed by atoms with Crippen LogP contribution in [0.5, 0.6) is 0 Å². The van der Waals surface area contributed by atoms with Crippen molar-refractivity contribution in [1.29, 1.82) is 0 Å². The number of nitrogens with zero attached hydrogens (tertiary/aromatic N) is 3. The average molecular weight is 352 g/mol. The number of fused-ring (bicyclic) bond motifs is 1. The van der Waals surface area contributed by atoms with Crippen LogP contribution in [0, 0.1) is 24.0 Å². The van der Waals surface area contributed by atoms with Gasteiger partial charge in [-0.2, -0.15) is 0 Å². The van der Waals surface area contributed by atoms with Crippen LogP contribution >= 0.6 is 0 Å². The largest absolute Gasteiger partial charge is 0.324 e. The van der Waals surface area contributed by atoms with Crippen LogP contribution in [0.15, 0.2) is 47.5 Å². The van der Waals surface area contributed by atoms with Gasteiger partial charge in [0.1, 0.15) is 6.54 Å². The zero-order chi connectivity index (χ0) is 18.8. The van der Waals surface area contributed by atoms with E-state index in [4.69, 9.17) is 0 Å². The summed E-state index contributed by atoms with van der Waals surface area (Å²) in [6.07, 6.45) is 1.22. The maximum Gasteiger partial charge on any atom is 0.271 e. The number of nitro benzene ring substituents is 1. The van der Waals surface area contributed by atoms with Gasteiger partial charge in [0.15, 0.2) is 0 Å². The molecule has 0 fully saturated rings. The molecule has 1 N–H and O–H groups in total. The van der Waals surface area contributed by atoms with Gasteiger partial charge in [0.2, 0.25) is 5.91 Å². The summed E-state index contributed by atoms with van der Waals surface area (Å²) in [5.41, 5.74) is 2.26. The molecule has 0 radical (unpaired) electrons. The highest BCUT2D eigenvalue weighted by Crippen LogP contribution is 2.17. The molecule has 8 heteroatoms. The van der Waals surface area contributed by atoms with E-state index in [1.54, 1.807) is 0 Å². The molecule has 1 heterocycles. The molecule has 0 atom stereocenters. The number of aromatic nitrogens is 2. The van der Waals surface area contributed by atoms with Crippen molar-refractivity contribution in [1.82, 2.24) is 9.55 Å². The van der Waals surface area contributed by atoms with Gasteiger partial charge >= 0.3 is 0 Å². The van der Waals surface area contributed by atoms with Crippen molar-refractivity contribution in [3.05, 3.63) is 74.3 Å². The highest BCUT2D eigenvalue weighted by molar-refractivity contribution is 5.91. The number of benzene rings is 2. The summed E-state index contributed by atoms with van der Waals surface area (Å²) in [6.45, 7) is 3.60. The van der Waals surface area contributed by atoms with Crippen LogP contribution in [0.1, 0.15) is 11.1 Å². The first-order valence-corrected chi connectivity index (χ1v) is 7.86. The highest BCUT2D eigenvalue weighted by Gasteiger charge is 2.12. The predicted molar refractivity (Wildman–Crippen MR) is 97.2 cm³/mol. The number of non-ortho nitro benzene ring substituents is 1. The second kappa shape index (κ2) is 6.75. The summed E-state index contributed by atoms with van der Waals surface area (Å²) in [6, 6.07) is 9.53. The third kappa shape index (κ3) is 3.44. The Morgan fingerprint density at radius 1 is 1.23 bits per heavy atom. The molecule has 1 aromatic heterocycles. The quantitative estimate of drug-likeness (QED) is 0.573. The minimum Gasteiger partial charge on any atom is -0.324 e. The van der Waals surface area contributed by atoms with Crippen molar-refractivity contribution in [3.8, 4) is 0 Å². The number of rotatable bonds is 4. The van der Waals surface area contributed by atoms with Gasteiger partial charge in [-0.1, -0.05) is 12.1 Å². The molecule has 0 spiro atoms. The average Bonchev–Trinajstić information content (AvgIpc) is 2.60. The third-order valence-electron chi connectivity index (χ3n) is 4.00. The summed E-state index contributed by atoms with van der Waals surface area (Å²) >= 11 is 0. The minimum atomic E-state index is -0.551. The van der Waals surface area contributed by atoms with Crippen LogP contribution in [0.2, 0.25) is 0 Å². The van der Waals surface area contributed by atoms with E-state index < -0.39 is 10.5 Å². The summed E-state index contributed by atoms with van der Waals surface area (Å²) in [7, 11) is 0. The molecular weight excluding hydrogens is 336 g/mol. The Kier molecular flexibility index (Phi) is 4.49. The summed E-state index contributed by atoms with van der Waals surface area (Å²) in [5, 5.41) is 13.8. The standard InChI is InChI=1S/C18H16N4O4/c1-11-3-4-12(2)15(7-11)20-17(23)9-21-10-19-16-8-13(22(25)26)5-6-14(16)18(21)24/h3-8,10H,9H2,1-2H3,(H,20,23). The summed E-state index contributed by atoms with van der Waals surface area (Å²) in [4.78, 5) is 39.1. The van der Waals surface area contributed by atoms with Gasteiger partial charge in [-0.25, -0.2) is 4.98 Å². The Balaban J connectivity index is 1.86. The Morgan fingerprint density at radius 3 is 2.73 bits per heavy atom. The van der Waals surface area contributed by atoms with Gasteiger partial charge in [-0.15, -0.1) is 0 Å². The summed E-state index contributed by atoms with van der Waals surface area (Å²) < 4.78 is 1.18. The first kappa shape index (κ1) is 17.3. The zero-order valence-electron chi connectivity index (χ0n) is 14.2. The fourth-order valence-corrected chi connectivity index (χ4v) is 2.59. The number of amides is 1. The monoisotopic (exact) mass is 352 g/mol. The third-order valence-corrected chi connectivity index (χ3v) is 4.00. The zero-order valence-corrected chi connectivity index (χ0v) is 14.2. The fourth-order valence-electron chi connectivity index (χ4n) is 2.59. The van der Waals surface area contributed by atoms with E-state index >= 15 is 0 Å². The maximum atomic E-state index is 12.5. The number of carbonyl (C=O) groups excluding carboxylic acids is 1. The first-order valence-electron chi connectivity index (χ1n) is 7.86. The normalized spacial score (nSPS) is 10.7.